The second-order valence-corrected chi connectivity index (χ2v) is 8.79. The van der Waals surface area contributed by atoms with Crippen molar-refractivity contribution in [2.45, 2.75) is 33.0 Å². The number of aromatic nitrogens is 4. The number of nitrogens with zero attached hydrogens (tertiary/aromatic N) is 6. The Kier molecular flexibility index (Phi) is 6.14. The predicted octanol–water partition coefficient (Wildman–Crippen LogP) is 3.30. The van der Waals surface area contributed by atoms with Gasteiger partial charge in [0, 0.05) is 37.6 Å². The van der Waals surface area contributed by atoms with Gasteiger partial charge in [0.2, 0.25) is 0 Å². The maximum atomic E-state index is 4.43. The van der Waals surface area contributed by atoms with Crippen molar-refractivity contribution in [1.82, 2.24) is 30.0 Å². The van der Waals surface area contributed by atoms with E-state index in [0.29, 0.717) is 5.92 Å². The van der Waals surface area contributed by atoms with E-state index in [1.807, 2.05) is 4.68 Å². The zero-order valence-corrected chi connectivity index (χ0v) is 17.4. The van der Waals surface area contributed by atoms with Crippen molar-refractivity contribution in [3.8, 4) is 0 Å². The fourth-order valence-corrected chi connectivity index (χ4v) is 4.70. The van der Waals surface area contributed by atoms with Gasteiger partial charge in [0.05, 0.1) is 12.6 Å². The lowest BCUT2D eigenvalue weighted by Gasteiger charge is -2.40. The van der Waals surface area contributed by atoms with Crippen LogP contribution in [0.3, 0.4) is 0 Å². The summed E-state index contributed by atoms with van der Waals surface area (Å²) in [6.07, 6.45) is 0. The maximum Gasteiger partial charge on any atom is 0.169 e. The van der Waals surface area contributed by atoms with Gasteiger partial charge in [0.25, 0.3) is 0 Å². The van der Waals surface area contributed by atoms with Gasteiger partial charge >= 0.3 is 0 Å². The van der Waals surface area contributed by atoms with Crippen molar-refractivity contribution in [3.05, 3.63) is 64.1 Å². The van der Waals surface area contributed by atoms with Gasteiger partial charge < -0.3 is 0 Å². The fourth-order valence-electron chi connectivity index (χ4n) is 4.01. The van der Waals surface area contributed by atoms with Crippen LogP contribution < -0.4 is 0 Å². The lowest BCUT2D eigenvalue weighted by atomic mass is 10.0. The minimum atomic E-state index is 0.244. The zero-order chi connectivity index (χ0) is 19.3. The third-order valence-corrected chi connectivity index (χ3v) is 6.25. The molecule has 3 heterocycles. The number of tetrazole rings is 1. The fraction of sp³-hybridized carbons (Fsp3) is 0.476. The normalized spacial score (nSPS) is 17.2. The third kappa shape index (κ3) is 4.48. The van der Waals surface area contributed by atoms with Crippen molar-refractivity contribution in [2.24, 2.45) is 5.92 Å². The quantitative estimate of drug-likeness (QED) is 0.613. The SMILES string of the molecule is CC(C)C(c1nnnn1Cc1cccs1)N1CCN(Cc2ccccc2)CC1. The predicted molar refractivity (Wildman–Crippen MR) is 112 cm³/mol. The molecule has 1 aliphatic heterocycles. The van der Waals surface area contributed by atoms with E-state index in [9.17, 15) is 0 Å². The lowest BCUT2D eigenvalue weighted by molar-refractivity contribution is 0.0664. The van der Waals surface area contributed by atoms with E-state index in [2.05, 4.69) is 87.0 Å². The highest BCUT2D eigenvalue weighted by Gasteiger charge is 2.31. The number of hydrogen-bond acceptors (Lipinski definition) is 6. The van der Waals surface area contributed by atoms with Crippen molar-refractivity contribution in [3.63, 3.8) is 0 Å². The molecule has 1 aromatic carbocycles. The molecule has 4 rings (SSSR count). The molecule has 0 saturated carbocycles. The van der Waals surface area contributed by atoms with Crippen LogP contribution in [0.25, 0.3) is 0 Å². The molecular weight excluding hydrogens is 368 g/mol. The molecule has 7 heteroatoms. The molecule has 2 aromatic heterocycles. The van der Waals surface area contributed by atoms with E-state index in [-0.39, 0.29) is 6.04 Å². The number of benzene rings is 1. The Labute approximate surface area is 170 Å². The molecule has 0 aliphatic carbocycles. The van der Waals surface area contributed by atoms with Crippen molar-refractivity contribution >= 4 is 11.3 Å². The van der Waals surface area contributed by atoms with Crippen LogP contribution in [0.1, 0.15) is 36.2 Å². The molecule has 0 amide bonds. The van der Waals surface area contributed by atoms with E-state index in [1.54, 1.807) is 11.3 Å². The van der Waals surface area contributed by atoms with Crippen LogP contribution >= 0.6 is 11.3 Å². The summed E-state index contributed by atoms with van der Waals surface area (Å²) in [5.41, 5.74) is 1.39. The molecule has 0 bridgehead atoms. The minimum absolute atomic E-state index is 0.244. The van der Waals surface area contributed by atoms with Crippen LogP contribution in [0.4, 0.5) is 0 Å². The van der Waals surface area contributed by atoms with Gasteiger partial charge in [0.15, 0.2) is 5.82 Å². The standard InChI is InChI=1S/C21H28N6S/c1-17(2)20(21-22-23-24-27(21)16-19-9-6-14-28-19)26-12-10-25(11-13-26)15-18-7-4-3-5-8-18/h3-9,14,17,20H,10-13,15-16H2,1-2H3. The Hall–Kier alpha value is -2.09. The number of hydrogen-bond donors (Lipinski definition) is 0. The Morgan fingerprint density at radius 2 is 1.75 bits per heavy atom. The van der Waals surface area contributed by atoms with Gasteiger partial charge in [-0.05, 0) is 33.4 Å². The van der Waals surface area contributed by atoms with Gasteiger partial charge in [-0.15, -0.1) is 16.4 Å². The second-order valence-electron chi connectivity index (χ2n) is 7.76. The molecule has 1 unspecified atom stereocenters. The van der Waals surface area contributed by atoms with Gasteiger partial charge in [-0.2, -0.15) is 0 Å². The molecular formula is C21H28N6S. The summed E-state index contributed by atoms with van der Waals surface area (Å²) >= 11 is 1.75. The second kappa shape index (κ2) is 8.94. The monoisotopic (exact) mass is 396 g/mol. The highest BCUT2D eigenvalue weighted by Crippen LogP contribution is 2.28. The van der Waals surface area contributed by atoms with E-state index in [0.717, 1.165) is 45.1 Å². The van der Waals surface area contributed by atoms with E-state index >= 15 is 0 Å². The first kappa shape index (κ1) is 19.2. The first-order valence-electron chi connectivity index (χ1n) is 9.99. The minimum Gasteiger partial charge on any atom is -0.297 e. The summed E-state index contributed by atoms with van der Waals surface area (Å²) in [6.45, 7) is 10.5. The summed E-state index contributed by atoms with van der Waals surface area (Å²) in [4.78, 5) is 6.38. The van der Waals surface area contributed by atoms with Gasteiger partial charge in [-0.3, -0.25) is 9.80 Å². The first-order chi connectivity index (χ1) is 13.7. The molecule has 1 fully saturated rings. The van der Waals surface area contributed by atoms with E-state index < -0.39 is 0 Å². The summed E-state index contributed by atoms with van der Waals surface area (Å²) in [5, 5.41) is 14.8. The Balaban J connectivity index is 1.43. The lowest BCUT2D eigenvalue weighted by Crippen LogP contribution is -2.48. The molecule has 0 radical (unpaired) electrons. The summed E-state index contributed by atoms with van der Waals surface area (Å²) in [6, 6.07) is 15.2. The number of rotatable bonds is 7. The van der Waals surface area contributed by atoms with Crippen LogP contribution in [0.15, 0.2) is 47.8 Å². The van der Waals surface area contributed by atoms with Crippen LogP contribution in [0, 0.1) is 5.92 Å². The van der Waals surface area contributed by atoms with Crippen molar-refractivity contribution < 1.29 is 0 Å². The van der Waals surface area contributed by atoms with Crippen LogP contribution in [-0.2, 0) is 13.1 Å². The topological polar surface area (TPSA) is 50.1 Å². The van der Waals surface area contributed by atoms with Gasteiger partial charge in [-0.25, -0.2) is 4.68 Å². The molecule has 6 nitrogen and oxygen atoms in total. The molecule has 28 heavy (non-hydrogen) atoms. The molecule has 0 spiro atoms. The molecule has 0 N–H and O–H groups in total. The molecule has 1 saturated heterocycles. The van der Waals surface area contributed by atoms with E-state index in [4.69, 9.17) is 0 Å². The largest absolute Gasteiger partial charge is 0.297 e. The highest BCUT2D eigenvalue weighted by molar-refractivity contribution is 7.09. The Morgan fingerprint density at radius 3 is 2.43 bits per heavy atom. The van der Waals surface area contributed by atoms with Crippen LogP contribution in [0.5, 0.6) is 0 Å². The van der Waals surface area contributed by atoms with Gasteiger partial charge in [-0.1, -0.05) is 50.2 Å². The van der Waals surface area contributed by atoms with Crippen molar-refractivity contribution in [2.75, 3.05) is 26.2 Å². The maximum absolute atomic E-state index is 4.43. The zero-order valence-electron chi connectivity index (χ0n) is 16.6. The number of piperazine rings is 1. The number of thiophene rings is 1. The molecule has 1 aliphatic rings. The first-order valence-corrected chi connectivity index (χ1v) is 10.9. The van der Waals surface area contributed by atoms with E-state index in [1.165, 1.54) is 10.4 Å². The summed E-state index contributed by atoms with van der Waals surface area (Å²) < 4.78 is 1.98. The summed E-state index contributed by atoms with van der Waals surface area (Å²) in [5.74, 6) is 1.44. The van der Waals surface area contributed by atoms with Crippen LogP contribution in [0.2, 0.25) is 0 Å². The molecule has 3 aromatic rings. The average molecular weight is 397 g/mol. The average Bonchev–Trinajstić information content (AvgIpc) is 3.37. The van der Waals surface area contributed by atoms with Crippen molar-refractivity contribution in [1.29, 1.82) is 0 Å². The van der Waals surface area contributed by atoms with Gasteiger partial charge in [0.1, 0.15) is 0 Å². The Morgan fingerprint density at radius 1 is 0.964 bits per heavy atom. The third-order valence-electron chi connectivity index (χ3n) is 5.39. The molecule has 1 atom stereocenters. The molecule has 148 valence electrons. The van der Waals surface area contributed by atoms with Crippen LogP contribution in [-0.4, -0.2) is 56.2 Å². The summed E-state index contributed by atoms with van der Waals surface area (Å²) in [7, 11) is 0. The Bertz CT molecular complexity index is 837. The smallest absolute Gasteiger partial charge is 0.169 e. The highest BCUT2D eigenvalue weighted by atomic mass is 32.1.